The van der Waals surface area contributed by atoms with Crippen molar-refractivity contribution in [3.05, 3.63) is 17.5 Å². The first-order valence-electron chi connectivity index (χ1n) is 9.78. The van der Waals surface area contributed by atoms with Gasteiger partial charge in [-0.25, -0.2) is 0 Å². The van der Waals surface area contributed by atoms with Crippen LogP contribution >= 0.6 is 0 Å². The summed E-state index contributed by atoms with van der Waals surface area (Å²) < 4.78 is 5.99. The predicted molar refractivity (Wildman–Crippen MR) is 104 cm³/mol. The van der Waals surface area contributed by atoms with Gasteiger partial charge in [0, 0.05) is 37.3 Å². The number of nitrogens with one attached hydrogen (secondary N) is 1. The van der Waals surface area contributed by atoms with E-state index in [0.29, 0.717) is 17.4 Å². The van der Waals surface area contributed by atoms with Crippen LogP contribution in [0.5, 0.6) is 0 Å². The zero-order valence-corrected chi connectivity index (χ0v) is 17.1. The van der Waals surface area contributed by atoms with Crippen LogP contribution in [0.25, 0.3) is 0 Å². The van der Waals surface area contributed by atoms with Gasteiger partial charge < -0.3 is 14.5 Å². The molecule has 0 radical (unpaired) electrons. The van der Waals surface area contributed by atoms with Crippen molar-refractivity contribution in [2.24, 2.45) is 5.41 Å². The molecule has 0 bridgehead atoms. The monoisotopic (exact) mass is 350 g/mol. The second-order valence-electron chi connectivity index (χ2n) is 8.82. The summed E-state index contributed by atoms with van der Waals surface area (Å²) in [7, 11) is 6.43. The van der Waals surface area contributed by atoms with E-state index in [1.54, 1.807) is 0 Å². The molecule has 0 aliphatic carbocycles. The first-order valence-corrected chi connectivity index (χ1v) is 9.78. The van der Waals surface area contributed by atoms with E-state index in [1.165, 1.54) is 17.7 Å². The second-order valence-corrected chi connectivity index (χ2v) is 8.82. The summed E-state index contributed by atoms with van der Waals surface area (Å²) in [5, 5.41) is 7.71. The van der Waals surface area contributed by atoms with Gasteiger partial charge >= 0.3 is 0 Å². The van der Waals surface area contributed by atoms with Gasteiger partial charge in [-0.2, -0.15) is 5.10 Å². The van der Waals surface area contributed by atoms with Crippen LogP contribution in [0.3, 0.4) is 0 Å². The third-order valence-electron chi connectivity index (χ3n) is 5.33. The summed E-state index contributed by atoms with van der Waals surface area (Å²) in [5.41, 5.74) is 2.95. The van der Waals surface area contributed by atoms with Crippen LogP contribution in [0.1, 0.15) is 63.6 Å². The standard InChI is InChI=1S/C20H38N4O/c1-7-16(8-9-18-12-20(2,3)15-25-18)19-17(13-21-22-19)14-24(6)11-10-23(4)5/h13,16,18H,7-12,14-15H2,1-6H3,(H,21,22)/t16?,18-/m1/s1. The fourth-order valence-electron chi connectivity index (χ4n) is 3.73. The van der Waals surface area contributed by atoms with Gasteiger partial charge in [-0.15, -0.1) is 0 Å². The number of rotatable bonds is 10. The van der Waals surface area contributed by atoms with Crippen molar-refractivity contribution in [2.75, 3.05) is 40.8 Å². The van der Waals surface area contributed by atoms with Crippen molar-refractivity contribution in [1.82, 2.24) is 20.0 Å². The van der Waals surface area contributed by atoms with Gasteiger partial charge in [0.1, 0.15) is 0 Å². The van der Waals surface area contributed by atoms with Crippen LogP contribution in [-0.2, 0) is 11.3 Å². The van der Waals surface area contributed by atoms with Gasteiger partial charge in [-0.3, -0.25) is 5.10 Å². The Balaban J connectivity index is 1.89. The van der Waals surface area contributed by atoms with E-state index in [9.17, 15) is 0 Å². The number of likely N-dealkylation sites (N-methyl/N-ethyl adjacent to an activating group) is 2. The van der Waals surface area contributed by atoms with Crippen molar-refractivity contribution in [2.45, 2.75) is 65.0 Å². The van der Waals surface area contributed by atoms with Crippen molar-refractivity contribution in [3.8, 4) is 0 Å². The normalized spacial score (nSPS) is 21.4. The number of aromatic nitrogens is 2. The molecule has 1 saturated heterocycles. The Morgan fingerprint density at radius 3 is 2.68 bits per heavy atom. The molecule has 0 amide bonds. The summed E-state index contributed by atoms with van der Waals surface area (Å²) >= 11 is 0. The number of ether oxygens (including phenoxy) is 1. The minimum atomic E-state index is 0.346. The maximum atomic E-state index is 5.99. The minimum absolute atomic E-state index is 0.346. The van der Waals surface area contributed by atoms with Gasteiger partial charge in [0.25, 0.3) is 0 Å². The van der Waals surface area contributed by atoms with Gasteiger partial charge in [0.05, 0.1) is 18.4 Å². The number of aromatic amines is 1. The molecule has 5 heteroatoms. The van der Waals surface area contributed by atoms with Crippen LogP contribution in [0.15, 0.2) is 6.20 Å². The van der Waals surface area contributed by atoms with Crippen LogP contribution in [-0.4, -0.2) is 66.9 Å². The minimum Gasteiger partial charge on any atom is -0.378 e. The number of nitrogens with zero attached hydrogens (tertiary/aromatic N) is 3. The molecule has 1 unspecified atom stereocenters. The highest BCUT2D eigenvalue weighted by Gasteiger charge is 2.32. The van der Waals surface area contributed by atoms with Crippen molar-refractivity contribution >= 4 is 0 Å². The lowest BCUT2D eigenvalue weighted by molar-refractivity contribution is 0.0907. The molecule has 0 saturated carbocycles. The molecule has 1 aromatic rings. The largest absolute Gasteiger partial charge is 0.378 e. The first kappa shape index (κ1) is 20.4. The Morgan fingerprint density at radius 1 is 1.32 bits per heavy atom. The molecule has 2 rings (SSSR count). The molecule has 1 aromatic heterocycles. The second kappa shape index (κ2) is 9.15. The van der Waals surface area contributed by atoms with Crippen LogP contribution in [0.2, 0.25) is 0 Å². The van der Waals surface area contributed by atoms with Crippen LogP contribution in [0, 0.1) is 5.41 Å². The lowest BCUT2D eigenvalue weighted by Crippen LogP contribution is -2.28. The lowest BCUT2D eigenvalue weighted by atomic mass is 9.87. The van der Waals surface area contributed by atoms with Crippen molar-refractivity contribution < 1.29 is 4.74 Å². The van der Waals surface area contributed by atoms with Gasteiger partial charge in [0.2, 0.25) is 0 Å². The van der Waals surface area contributed by atoms with Crippen molar-refractivity contribution in [1.29, 1.82) is 0 Å². The molecule has 1 aliphatic heterocycles. The molecule has 144 valence electrons. The Bertz CT molecular complexity index is 512. The Morgan fingerprint density at radius 2 is 2.08 bits per heavy atom. The third-order valence-corrected chi connectivity index (χ3v) is 5.33. The summed E-state index contributed by atoms with van der Waals surface area (Å²) in [6.07, 6.45) is 7.13. The number of hydrogen-bond donors (Lipinski definition) is 1. The smallest absolute Gasteiger partial charge is 0.0697 e. The number of H-pyrrole nitrogens is 1. The Labute approximate surface area is 154 Å². The van der Waals surface area contributed by atoms with E-state index >= 15 is 0 Å². The zero-order valence-electron chi connectivity index (χ0n) is 17.1. The molecule has 5 nitrogen and oxygen atoms in total. The summed E-state index contributed by atoms with van der Waals surface area (Å²) in [6.45, 7) is 10.9. The molecule has 2 heterocycles. The molecular formula is C20H38N4O. The van der Waals surface area contributed by atoms with Crippen LogP contribution in [0.4, 0.5) is 0 Å². The first-order chi connectivity index (χ1) is 11.8. The van der Waals surface area contributed by atoms with Gasteiger partial charge in [-0.05, 0) is 52.2 Å². The molecule has 1 fully saturated rings. The van der Waals surface area contributed by atoms with E-state index in [2.05, 4.69) is 68.1 Å². The summed E-state index contributed by atoms with van der Waals surface area (Å²) in [6, 6.07) is 0. The average Bonchev–Trinajstić information content (AvgIpc) is 3.12. The van der Waals surface area contributed by atoms with Crippen molar-refractivity contribution in [3.63, 3.8) is 0 Å². The predicted octanol–water partition coefficient (Wildman–Crippen LogP) is 3.49. The van der Waals surface area contributed by atoms with E-state index < -0.39 is 0 Å². The summed E-state index contributed by atoms with van der Waals surface area (Å²) in [4.78, 5) is 4.61. The molecule has 1 aliphatic rings. The highest BCUT2D eigenvalue weighted by atomic mass is 16.5. The van der Waals surface area contributed by atoms with Gasteiger partial charge in [0.15, 0.2) is 0 Å². The molecule has 1 N–H and O–H groups in total. The summed E-state index contributed by atoms with van der Waals surface area (Å²) in [5.74, 6) is 0.524. The van der Waals surface area contributed by atoms with E-state index in [4.69, 9.17) is 4.74 Å². The average molecular weight is 351 g/mol. The Kier molecular flexibility index (Phi) is 7.47. The lowest BCUT2D eigenvalue weighted by Gasteiger charge is -2.21. The highest BCUT2D eigenvalue weighted by Crippen LogP contribution is 2.35. The molecule has 0 aromatic carbocycles. The van der Waals surface area contributed by atoms with E-state index in [0.717, 1.165) is 45.5 Å². The fraction of sp³-hybridized carbons (Fsp3) is 0.850. The third kappa shape index (κ3) is 6.39. The van der Waals surface area contributed by atoms with Crippen LogP contribution < -0.4 is 0 Å². The van der Waals surface area contributed by atoms with E-state index in [-0.39, 0.29) is 0 Å². The maximum absolute atomic E-state index is 5.99. The van der Waals surface area contributed by atoms with E-state index in [1.807, 2.05) is 0 Å². The fourth-order valence-corrected chi connectivity index (χ4v) is 3.73. The maximum Gasteiger partial charge on any atom is 0.0697 e. The topological polar surface area (TPSA) is 44.4 Å². The molecule has 2 atom stereocenters. The quantitative estimate of drug-likeness (QED) is 0.701. The Hall–Kier alpha value is -0.910. The molecule has 25 heavy (non-hydrogen) atoms. The molecular weight excluding hydrogens is 312 g/mol. The molecule has 0 spiro atoms. The van der Waals surface area contributed by atoms with Gasteiger partial charge in [-0.1, -0.05) is 20.8 Å². The highest BCUT2D eigenvalue weighted by molar-refractivity contribution is 5.20. The zero-order chi connectivity index (χ0) is 18.4. The number of hydrogen-bond acceptors (Lipinski definition) is 4. The SMILES string of the molecule is CCC(CC[C@@H]1CC(C)(C)CO1)c1n[nH]cc1CN(C)CCN(C)C.